The van der Waals surface area contributed by atoms with Gasteiger partial charge in [-0.2, -0.15) is 5.01 Å². The molecule has 1 aromatic rings. The molecular formula is C16H20N2O3S. The molecule has 0 saturated heterocycles. The van der Waals surface area contributed by atoms with E-state index in [-0.39, 0.29) is 5.24 Å². The molecule has 118 valence electrons. The number of unbranched alkanes of at least 4 members (excludes halogenated alkanes) is 2. The zero-order valence-electron chi connectivity index (χ0n) is 12.9. The Labute approximate surface area is 134 Å². The molecule has 1 heterocycles. The van der Waals surface area contributed by atoms with Crippen LogP contribution in [-0.4, -0.2) is 39.4 Å². The number of hydrazine groups is 1. The summed E-state index contributed by atoms with van der Waals surface area (Å²) in [6.07, 6.45) is 2.72. The number of benzene rings is 1. The van der Waals surface area contributed by atoms with E-state index >= 15 is 0 Å². The second-order valence-electron chi connectivity index (χ2n) is 5.00. The second-order valence-corrected chi connectivity index (χ2v) is 6.21. The quantitative estimate of drug-likeness (QED) is 0.594. The number of imide groups is 1. The number of nitrogens with zero attached hydrogens (tertiary/aromatic N) is 2. The molecule has 0 atom stereocenters. The van der Waals surface area contributed by atoms with Gasteiger partial charge < -0.3 is 0 Å². The predicted octanol–water partition coefficient (Wildman–Crippen LogP) is 3.56. The number of hydrogen-bond donors (Lipinski definition) is 0. The van der Waals surface area contributed by atoms with Gasteiger partial charge in [0.2, 0.25) is 0 Å². The zero-order chi connectivity index (χ0) is 16.1. The molecule has 5 nitrogen and oxygen atoms in total. The molecule has 2 rings (SSSR count). The highest BCUT2D eigenvalue weighted by Crippen LogP contribution is 2.26. The van der Waals surface area contributed by atoms with Gasteiger partial charge >= 0.3 is 5.24 Å². The van der Waals surface area contributed by atoms with Crippen molar-refractivity contribution in [3.8, 4) is 0 Å². The normalized spacial score (nSPS) is 13.5. The van der Waals surface area contributed by atoms with Crippen LogP contribution >= 0.6 is 11.8 Å². The van der Waals surface area contributed by atoms with E-state index in [2.05, 4.69) is 6.92 Å². The van der Waals surface area contributed by atoms with Gasteiger partial charge in [-0.1, -0.05) is 50.6 Å². The molecule has 1 aliphatic rings. The lowest BCUT2D eigenvalue weighted by atomic mass is 10.1. The van der Waals surface area contributed by atoms with Gasteiger partial charge in [-0.3, -0.25) is 14.4 Å². The Bertz CT molecular complexity index is 554. The molecule has 6 heteroatoms. The first kappa shape index (κ1) is 16.5. The lowest BCUT2D eigenvalue weighted by Gasteiger charge is -2.29. The molecule has 0 radical (unpaired) electrons. The molecule has 0 saturated carbocycles. The molecular weight excluding hydrogens is 300 g/mol. The molecule has 1 aromatic carbocycles. The van der Waals surface area contributed by atoms with Gasteiger partial charge in [-0.15, -0.1) is 0 Å². The summed E-state index contributed by atoms with van der Waals surface area (Å²) < 4.78 is 0. The fraction of sp³-hybridized carbons (Fsp3) is 0.438. The molecule has 1 aliphatic heterocycles. The standard InChI is InChI=1S/C16H20N2O3S/c1-3-5-8-11-17(16(21)22-4-2)18-14(19)12-9-6-7-10-13(12)15(18)20/h6-7,9-10H,3-5,8,11H2,1-2H3. The number of rotatable bonds is 6. The van der Waals surface area contributed by atoms with Crippen LogP contribution in [-0.2, 0) is 0 Å². The highest BCUT2D eigenvalue weighted by Gasteiger charge is 2.40. The average Bonchev–Trinajstić information content (AvgIpc) is 2.77. The third kappa shape index (κ3) is 3.16. The van der Waals surface area contributed by atoms with Crippen molar-refractivity contribution < 1.29 is 14.4 Å². The van der Waals surface area contributed by atoms with Crippen molar-refractivity contribution in [2.75, 3.05) is 12.3 Å². The average molecular weight is 320 g/mol. The number of carbonyl (C=O) groups excluding carboxylic acids is 3. The van der Waals surface area contributed by atoms with Crippen LogP contribution in [0.3, 0.4) is 0 Å². The Balaban J connectivity index is 2.26. The summed E-state index contributed by atoms with van der Waals surface area (Å²) in [4.78, 5) is 37.3. The van der Waals surface area contributed by atoms with E-state index in [9.17, 15) is 14.4 Å². The Morgan fingerprint density at radius 1 is 1.09 bits per heavy atom. The largest absolute Gasteiger partial charge is 0.300 e. The highest BCUT2D eigenvalue weighted by atomic mass is 32.2. The van der Waals surface area contributed by atoms with Crippen LogP contribution in [0.15, 0.2) is 24.3 Å². The summed E-state index contributed by atoms with van der Waals surface area (Å²) in [6, 6.07) is 6.68. The third-order valence-corrected chi connectivity index (χ3v) is 4.21. The van der Waals surface area contributed by atoms with Crippen molar-refractivity contribution >= 4 is 28.8 Å². The second kappa shape index (κ2) is 7.45. The number of thioether (sulfide) groups is 1. The van der Waals surface area contributed by atoms with Crippen LogP contribution in [0.4, 0.5) is 4.79 Å². The van der Waals surface area contributed by atoms with Gasteiger partial charge in [0.05, 0.1) is 11.1 Å². The number of carbonyl (C=O) groups is 3. The van der Waals surface area contributed by atoms with E-state index < -0.39 is 11.8 Å². The third-order valence-electron chi connectivity index (χ3n) is 3.47. The molecule has 0 unspecified atom stereocenters. The number of amides is 3. The first-order chi connectivity index (χ1) is 10.6. The van der Waals surface area contributed by atoms with E-state index in [1.54, 1.807) is 24.3 Å². The molecule has 0 bridgehead atoms. The maximum absolute atomic E-state index is 12.5. The first-order valence-electron chi connectivity index (χ1n) is 7.53. The summed E-state index contributed by atoms with van der Waals surface area (Å²) in [6.45, 7) is 4.31. The predicted molar refractivity (Wildman–Crippen MR) is 86.7 cm³/mol. The zero-order valence-corrected chi connectivity index (χ0v) is 13.7. The smallest absolute Gasteiger partial charge is 0.267 e. The Hall–Kier alpha value is -1.82. The van der Waals surface area contributed by atoms with Gasteiger partial charge in [0.1, 0.15) is 0 Å². The first-order valence-corrected chi connectivity index (χ1v) is 8.52. The monoisotopic (exact) mass is 320 g/mol. The molecule has 0 aliphatic carbocycles. The molecule has 0 aromatic heterocycles. The minimum atomic E-state index is -0.415. The van der Waals surface area contributed by atoms with Crippen LogP contribution < -0.4 is 0 Å². The van der Waals surface area contributed by atoms with Gasteiger partial charge in [0.25, 0.3) is 11.8 Å². The SMILES string of the molecule is CCCCCN(C(=O)SCC)N1C(=O)c2ccccc2C1=O. The van der Waals surface area contributed by atoms with E-state index in [4.69, 9.17) is 0 Å². The van der Waals surface area contributed by atoms with Crippen LogP contribution in [0, 0.1) is 0 Å². The number of hydrogen-bond acceptors (Lipinski definition) is 4. The molecule has 22 heavy (non-hydrogen) atoms. The van der Waals surface area contributed by atoms with Crippen LogP contribution in [0.25, 0.3) is 0 Å². The summed E-state index contributed by atoms with van der Waals surface area (Å²) in [5.41, 5.74) is 0.726. The summed E-state index contributed by atoms with van der Waals surface area (Å²) in [5.74, 6) is -0.226. The van der Waals surface area contributed by atoms with E-state index in [1.807, 2.05) is 6.92 Å². The van der Waals surface area contributed by atoms with Gasteiger partial charge in [0.15, 0.2) is 0 Å². The van der Waals surface area contributed by atoms with Crippen LogP contribution in [0.2, 0.25) is 0 Å². The number of fused-ring (bicyclic) bond motifs is 1. The summed E-state index contributed by atoms with van der Waals surface area (Å²) in [5, 5.41) is 2.05. The van der Waals surface area contributed by atoms with Crippen molar-refractivity contribution in [3.05, 3.63) is 35.4 Å². The fourth-order valence-corrected chi connectivity index (χ4v) is 2.95. The minimum Gasteiger partial charge on any atom is -0.267 e. The Morgan fingerprint density at radius 2 is 1.68 bits per heavy atom. The van der Waals surface area contributed by atoms with Crippen LogP contribution in [0.1, 0.15) is 53.8 Å². The van der Waals surface area contributed by atoms with Crippen molar-refractivity contribution in [2.45, 2.75) is 33.1 Å². The topological polar surface area (TPSA) is 57.7 Å². The van der Waals surface area contributed by atoms with Crippen molar-refractivity contribution in [3.63, 3.8) is 0 Å². The maximum atomic E-state index is 12.5. The Morgan fingerprint density at radius 3 is 2.18 bits per heavy atom. The van der Waals surface area contributed by atoms with E-state index in [0.717, 1.165) is 36.0 Å². The van der Waals surface area contributed by atoms with Crippen molar-refractivity contribution in [2.24, 2.45) is 0 Å². The molecule has 3 amide bonds. The maximum Gasteiger partial charge on any atom is 0.300 e. The van der Waals surface area contributed by atoms with Crippen molar-refractivity contribution in [1.82, 2.24) is 10.0 Å². The summed E-state index contributed by atoms with van der Waals surface area (Å²) in [7, 11) is 0. The lowest BCUT2D eigenvalue weighted by molar-refractivity contribution is 0.0224. The molecule has 0 spiro atoms. The molecule has 0 fully saturated rings. The van der Waals surface area contributed by atoms with Gasteiger partial charge in [-0.25, -0.2) is 5.01 Å². The van der Waals surface area contributed by atoms with Gasteiger partial charge in [0, 0.05) is 6.54 Å². The highest BCUT2D eigenvalue weighted by molar-refractivity contribution is 8.13. The lowest BCUT2D eigenvalue weighted by Crippen LogP contribution is -2.48. The Kier molecular flexibility index (Phi) is 5.60. The van der Waals surface area contributed by atoms with Gasteiger partial charge in [-0.05, 0) is 24.3 Å². The minimum absolute atomic E-state index is 0.256. The fourth-order valence-electron chi connectivity index (χ4n) is 2.38. The molecule has 0 N–H and O–H groups in total. The van der Waals surface area contributed by atoms with Crippen LogP contribution in [0.5, 0.6) is 0 Å². The van der Waals surface area contributed by atoms with E-state index in [0.29, 0.717) is 23.4 Å². The van der Waals surface area contributed by atoms with E-state index in [1.165, 1.54) is 5.01 Å². The van der Waals surface area contributed by atoms with Crippen molar-refractivity contribution in [1.29, 1.82) is 0 Å². The summed E-state index contributed by atoms with van der Waals surface area (Å²) >= 11 is 1.11.